The molecular formula is C11H11FN2O. The maximum Gasteiger partial charge on any atom is 0.216 e. The summed E-state index contributed by atoms with van der Waals surface area (Å²) in [5.74, 6) is 5.14. The van der Waals surface area contributed by atoms with Gasteiger partial charge in [0.1, 0.15) is 11.5 Å². The Balaban J connectivity index is 2.38. The molecule has 1 N–H and O–H groups in total. The molecule has 0 atom stereocenters. The van der Waals surface area contributed by atoms with E-state index in [0.29, 0.717) is 18.7 Å². The van der Waals surface area contributed by atoms with Crippen LogP contribution in [0.1, 0.15) is 19.0 Å². The molecule has 78 valence electrons. The molecule has 0 radical (unpaired) electrons. The molecule has 1 amide bonds. The van der Waals surface area contributed by atoms with Crippen LogP contribution < -0.4 is 5.32 Å². The van der Waals surface area contributed by atoms with Gasteiger partial charge in [0.05, 0.1) is 6.20 Å². The lowest BCUT2D eigenvalue weighted by Gasteiger charge is -1.94. The van der Waals surface area contributed by atoms with Crippen molar-refractivity contribution in [2.24, 2.45) is 0 Å². The van der Waals surface area contributed by atoms with E-state index in [0.717, 1.165) is 6.20 Å². The van der Waals surface area contributed by atoms with Gasteiger partial charge in [-0.1, -0.05) is 5.92 Å². The predicted molar refractivity (Wildman–Crippen MR) is 54.4 cm³/mol. The summed E-state index contributed by atoms with van der Waals surface area (Å²) in [6, 6.07) is 2.82. The summed E-state index contributed by atoms with van der Waals surface area (Å²) >= 11 is 0. The van der Waals surface area contributed by atoms with Crippen molar-refractivity contribution in [2.75, 3.05) is 6.54 Å². The topological polar surface area (TPSA) is 42.0 Å². The lowest BCUT2D eigenvalue weighted by Crippen LogP contribution is -2.20. The van der Waals surface area contributed by atoms with Crippen LogP contribution in [0.5, 0.6) is 0 Å². The highest BCUT2D eigenvalue weighted by Crippen LogP contribution is 1.95. The number of pyridine rings is 1. The molecule has 4 heteroatoms. The number of halogens is 1. The summed E-state index contributed by atoms with van der Waals surface area (Å²) < 4.78 is 12.5. The third-order valence-corrected chi connectivity index (χ3v) is 1.57. The summed E-state index contributed by atoms with van der Waals surface area (Å²) in [5, 5.41) is 2.62. The largest absolute Gasteiger partial charge is 0.355 e. The van der Waals surface area contributed by atoms with E-state index in [4.69, 9.17) is 0 Å². The lowest BCUT2D eigenvalue weighted by molar-refractivity contribution is -0.118. The third kappa shape index (κ3) is 4.77. The standard InChI is InChI=1S/C11H11FN2O/c1-9(15)13-7-3-2-4-11-6-5-10(12)8-14-11/h5-6,8H,3,7H2,1H3,(H,13,15). The van der Waals surface area contributed by atoms with Gasteiger partial charge in [0.2, 0.25) is 5.91 Å². The van der Waals surface area contributed by atoms with Gasteiger partial charge in [-0.25, -0.2) is 9.37 Å². The first-order valence-corrected chi connectivity index (χ1v) is 4.53. The molecule has 0 aliphatic rings. The van der Waals surface area contributed by atoms with E-state index in [1.165, 1.54) is 19.1 Å². The Morgan fingerprint density at radius 2 is 2.40 bits per heavy atom. The van der Waals surface area contributed by atoms with Crippen molar-refractivity contribution in [1.82, 2.24) is 10.3 Å². The summed E-state index contributed by atoms with van der Waals surface area (Å²) in [6.45, 7) is 1.97. The Kier molecular flexibility index (Phi) is 4.30. The van der Waals surface area contributed by atoms with E-state index in [9.17, 15) is 9.18 Å². The smallest absolute Gasteiger partial charge is 0.216 e. The van der Waals surface area contributed by atoms with Gasteiger partial charge in [-0.2, -0.15) is 0 Å². The van der Waals surface area contributed by atoms with Crippen molar-refractivity contribution in [3.8, 4) is 11.8 Å². The number of aromatic nitrogens is 1. The van der Waals surface area contributed by atoms with Crippen LogP contribution in [0.4, 0.5) is 4.39 Å². The van der Waals surface area contributed by atoms with Crippen LogP contribution in [0.3, 0.4) is 0 Å². The first-order valence-electron chi connectivity index (χ1n) is 4.53. The molecule has 0 saturated carbocycles. The van der Waals surface area contributed by atoms with Crippen LogP contribution in [0.25, 0.3) is 0 Å². The van der Waals surface area contributed by atoms with Crippen molar-refractivity contribution >= 4 is 5.91 Å². The fraction of sp³-hybridized carbons (Fsp3) is 0.273. The summed E-state index contributed by atoms with van der Waals surface area (Å²) in [4.78, 5) is 14.3. The monoisotopic (exact) mass is 206 g/mol. The van der Waals surface area contributed by atoms with Gasteiger partial charge in [0.15, 0.2) is 0 Å². The number of hydrogen-bond donors (Lipinski definition) is 1. The highest BCUT2D eigenvalue weighted by atomic mass is 19.1. The number of carbonyl (C=O) groups excluding carboxylic acids is 1. The molecule has 0 aliphatic carbocycles. The second kappa shape index (κ2) is 5.76. The van der Waals surface area contributed by atoms with Crippen LogP contribution in [-0.4, -0.2) is 17.4 Å². The molecule has 1 rings (SSSR count). The Morgan fingerprint density at radius 3 is 3.00 bits per heavy atom. The number of hydrogen-bond acceptors (Lipinski definition) is 2. The van der Waals surface area contributed by atoms with Crippen LogP contribution in [0.15, 0.2) is 18.3 Å². The Hall–Kier alpha value is -1.89. The van der Waals surface area contributed by atoms with Crippen LogP contribution >= 0.6 is 0 Å². The molecule has 3 nitrogen and oxygen atoms in total. The Labute approximate surface area is 87.7 Å². The quantitative estimate of drug-likeness (QED) is 0.581. The highest BCUT2D eigenvalue weighted by Gasteiger charge is 1.90. The summed E-state index contributed by atoms with van der Waals surface area (Å²) in [6.07, 6.45) is 1.68. The van der Waals surface area contributed by atoms with E-state index in [2.05, 4.69) is 22.1 Å². The normalized spacial score (nSPS) is 8.93. The zero-order valence-electron chi connectivity index (χ0n) is 8.38. The minimum atomic E-state index is -0.376. The molecule has 0 unspecified atom stereocenters. The van der Waals surface area contributed by atoms with Gasteiger partial charge in [-0.3, -0.25) is 4.79 Å². The van der Waals surface area contributed by atoms with Gasteiger partial charge >= 0.3 is 0 Å². The minimum Gasteiger partial charge on any atom is -0.355 e. The number of amides is 1. The summed E-state index contributed by atoms with van der Waals surface area (Å²) in [7, 11) is 0. The predicted octanol–water partition coefficient (Wildman–Crippen LogP) is 1.10. The molecule has 1 aromatic heterocycles. The van der Waals surface area contributed by atoms with Gasteiger partial charge in [-0.15, -0.1) is 0 Å². The van der Waals surface area contributed by atoms with E-state index >= 15 is 0 Å². The molecule has 0 saturated heterocycles. The molecule has 0 bridgehead atoms. The van der Waals surface area contributed by atoms with E-state index in [-0.39, 0.29) is 11.7 Å². The fourth-order valence-corrected chi connectivity index (χ4v) is 0.904. The van der Waals surface area contributed by atoms with Crippen LogP contribution in [-0.2, 0) is 4.79 Å². The number of nitrogens with one attached hydrogen (secondary N) is 1. The second-order valence-electron chi connectivity index (χ2n) is 2.90. The summed E-state index contributed by atoms with van der Waals surface area (Å²) in [5.41, 5.74) is 0.527. The average Bonchev–Trinajstić information content (AvgIpc) is 2.20. The average molecular weight is 206 g/mol. The zero-order valence-corrected chi connectivity index (χ0v) is 8.38. The zero-order chi connectivity index (χ0) is 11.1. The van der Waals surface area contributed by atoms with E-state index in [1.54, 1.807) is 0 Å². The first kappa shape index (κ1) is 11.2. The molecule has 0 aliphatic heterocycles. The van der Waals surface area contributed by atoms with Gasteiger partial charge in [-0.05, 0) is 18.1 Å². The minimum absolute atomic E-state index is 0.0725. The molecule has 1 aromatic rings. The third-order valence-electron chi connectivity index (χ3n) is 1.57. The van der Waals surface area contributed by atoms with Gasteiger partial charge < -0.3 is 5.32 Å². The van der Waals surface area contributed by atoms with Crippen molar-refractivity contribution in [1.29, 1.82) is 0 Å². The van der Waals surface area contributed by atoms with Gasteiger partial charge in [0.25, 0.3) is 0 Å². The molecule has 0 spiro atoms. The molecule has 15 heavy (non-hydrogen) atoms. The van der Waals surface area contributed by atoms with Crippen LogP contribution in [0, 0.1) is 17.7 Å². The maximum absolute atomic E-state index is 12.5. The second-order valence-corrected chi connectivity index (χ2v) is 2.90. The molecular weight excluding hydrogens is 195 g/mol. The molecule has 1 heterocycles. The lowest BCUT2D eigenvalue weighted by atomic mass is 10.3. The highest BCUT2D eigenvalue weighted by molar-refractivity contribution is 5.72. The van der Waals surface area contributed by atoms with E-state index < -0.39 is 0 Å². The first-order chi connectivity index (χ1) is 7.18. The van der Waals surface area contributed by atoms with Crippen molar-refractivity contribution in [3.05, 3.63) is 29.8 Å². The van der Waals surface area contributed by atoms with E-state index in [1.807, 2.05) is 0 Å². The van der Waals surface area contributed by atoms with Crippen LogP contribution in [0.2, 0.25) is 0 Å². The maximum atomic E-state index is 12.5. The van der Waals surface area contributed by atoms with Crippen molar-refractivity contribution in [2.45, 2.75) is 13.3 Å². The van der Waals surface area contributed by atoms with Gasteiger partial charge in [0, 0.05) is 19.9 Å². The van der Waals surface area contributed by atoms with Crippen molar-refractivity contribution in [3.63, 3.8) is 0 Å². The number of nitrogens with zero attached hydrogens (tertiary/aromatic N) is 1. The SMILES string of the molecule is CC(=O)NCCC#Cc1ccc(F)cn1. The van der Waals surface area contributed by atoms with Crippen molar-refractivity contribution < 1.29 is 9.18 Å². The number of carbonyl (C=O) groups is 1. The molecule has 0 aromatic carbocycles. The Bertz CT molecular complexity index is 389. The Morgan fingerprint density at radius 1 is 1.60 bits per heavy atom. The number of rotatable bonds is 2. The molecule has 0 fully saturated rings. The fourth-order valence-electron chi connectivity index (χ4n) is 0.904.